The molecule has 1 unspecified atom stereocenters. The molecule has 0 aromatic heterocycles. The average Bonchev–Trinajstić information content (AvgIpc) is 2.51. The fourth-order valence-corrected chi connectivity index (χ4v) is 2.69. The normalized spacial score (nSPS) is 12.0. The van der Waals surface area contributed by atoms with Crippen molar-refractivity contribution in [1.82, 2.24) is 5.32 Å². The van der Waals surface area contributed by atoms with Crippen molar-refractivity contribution in [3.05, 3.63) is 64.2 Å². The van der Waals surface area contributed by atoms with Gasteiger partial charge < -0.3 is 15.2 Å². The summed E-state index contributed by atoms with van der Waals surface area (Å²) in [5.74, 6) is 0.0492. The SMILES string of the molecule is Cc1cccc(COc2c(C)cc(CNC(C)C(=O)O)cc2C)c1. The molecular weight excluding hydrogens is 302 g/mol. The predicted molar refractivity (Wildman–Crippen MR) is 95.4 cm³/mol. The van der Waals surface area contributed by atoms with Crippen LogP contribution in [0.3, 0.4) is 0 Å². The van der Waals surface area contributed by atoms with Crippen LogP contribution in [0.25, 0.3) is 0 Å². The molecule has 0 aliphatic carbocycles. The van der Waals surface area contributed by atoms with Crippen molar-refractivity contribution >= 4 is 5.97 Å². The maximum absolute atomic E-state index is 10.9. The van der Waals surface area contributed by atoms with Crippen LogP contribution in [-0.4, -0.2) is 17.1 Å². The van der Waals surface area contributed by atoms with Crippen LogP contribution in [-0.2, 0) is 17.9 Å². The van der Waals surface area contributed by atoms with Crippen molar-refractivity contribution in [2.24, 2.45) is 0 Å². The highest BCUT2D eigenvalue weighted by Gasteiger charge is 2.11. The molecule has 0 fully saturated rings. The first-order valence-corrected chi connectivity index (χ1v) is 8.11. The molecule has 1 atom stereocenters. The van der Waals surface area contributed by atoms with Gasteiger partial charge in [-0.3, -0.25) is 4.79 Å². The highest BCUT2D eigenvalue weighted by Crippen LogP contribution is 2.26. The Labute approximate surface area is 143 Å². The van der Waals surface area contributed by atoms with Gasteiger partial charge in [0.2, 0.25) is 0 Å². The number of carboxylic acids is 1. The fourth-order valence-electron chi connectivity index (χ4n) is 2.69. The van der Waals surface area contributed by atoms with Gasteiger partial charge in [-0.2, -0.15) is 0 Å². The molecule has 0 bridgehead atoms. The Bertz CT molecular complexity index is 702. The van der Waals surface area contributed by atoms with Gasteiger partial charge in [0.15, 0.2) is 0 Å². The molecule has 0 aliphatic heterocycles. The molecule has 0 radical (unpaired) electrons. The first-order valence-electron chi connectivity index (χ1n) is 8.11. The summed E-state index contributed by atoms with van der Waals surface area (Å²) in [4.78, 5) is 10.9. The summed E-state index contributed by atoms with van der Waals surface area (Å²) in [6.07, 6.45) is 0. The van der Waals surface area contributed by atoms with Crippen molar-refractivity contribution in [3.63, 3.8) is 0 Å². The first kappa shape index (κ1) is 18.0. The van der Waals surface area contributed by atoms with E-state index < -0.39 is 12.0 Å². The summed E-state index contributed by atoms with van der Waals surface area (Å²) < 4.78 is 6.01. The van der Waals surface area contributed by atoms with Gasteiger partial charge in [-0.25, -0.2) is 0 Å². The van der Waals surface area contributed by atoms with Crippen molar-refractivity contribution in [2.75, 3.05) is 0 Å². The number of hydrogen-bond acceptors (Lipinski definition) is 3. The lowest BCUT2D eigenvalue weighted by molar-refractivity contribution is -0.139. The molecule has 2 aromatic rings. The molecule has 0 aliphatic rings. The lowest BCUT2D eigenvalue weighted by atomic mass is 10.1. The number of ether oxygens (including phenoxy) is 1. The molecule has 4 heteroatoms. The van der Waals surface area contributed by atoms with E-state index in [2.05, 4.69) is 30.4 Å². The molecule has 0 saturated carbocycles. The van der Waals surface area contributed by atoms with Gasteiger partial charge in [0.1, 0.15) is 18.4 Å². The van der Waals surface area contributed by atoms with Crippen LogP contribution in [0.4, 0.5) is 0 Å². The number of aryl methyl sites for hydroxylation is 3. The van der Waals surface area contributed by atoms with Crippen LogP contribution in [0.5, 0.6) is 5.75 Å². The van der Waals surface area contributed by atoms with Crippen molar-refractivity contribution in [3.8, 4) is 5.75 Å². The minimum atomic E-state index is -0.846. The standard InChI is InChI=1S/C20H25NO3/c1-13-6-5-7-17(8-13)12-24-19-14(2)9-18(10-15(19)3)11-21-16(4)20(22)23/h5-10,16,21H,11-12H2,1-4H3,(H,22,23). The van der Waals surface area contributed by atoms with E-state index in [0.717, 1.165) is 28.0 Å². The third-order valence-corrected chi connectivity index (χ3v) is 3.97. The Balaban J connectivity index is 2.05. The Kier molecular flexibility index (Phi) is 5.99. The second-order valence-electron chi connectivity index (χ2n) is 6.28. The monoisotopic (exact) mass is 327 g/mol. The Hall–Kier alpha value is -2.33. The van der Waals surface area contributed by atoms with Crippen molar-refractivity contribution in [1.29, 1.82) is 0 Å². The maximum atomic E-state index is 10.9. The summed E-state index contributed by atoms with van der Waals surface area (Å²) in [6, 6.07) is 11.8. The maximum Gasteiger partial charge on any atom is 0.320 e. The van der Waals surface area contributed by atoms with Gasteiger partial charge in [0.05, 0.1) is 0 Å². The molecule has 0 amide bonds. The average molecular weight is 327 g/mol. The van der Waals surface area contributed by atoms with Gasteiger partial charge in [-0.15, -0.1) is 0 Å². The zero-order valence-corrected chi connectivity index (χ0v) is 14.7. The minimum absolute atomic E-state index is 0.521. The molecule has 24 heavy (non-hydrogen) atoms. The molecule has 128 valence electrons. The van der Waals surface area contributed by atoms with Gasteiger partial charge >= 0.3 is 5.97 Å². The largest absolute Gasteiger partial charge is 0.488 e. The molecular formula is C20H25NO3. The van der Waals surface area contributed by atoms with Gasteiger partial charge in [-0.05, 0) is 49.9 Å². The Morgan fingerprint density at radius 3 is 2.38 bits per heavy atom. The van der Waals surface area contributed by atoms with Gasteiger partial charge in [0.25, 0.3) is 0 Å². The molecule has 0 spiro atoms. The summed E-state index contributed by atoms with van der Waals surface area (Å²) in [5.41, 5.74) is 5.54. The summed E-state index contributed by atoms with van der Waals surface area (Å²) >= 11 is 0. The van der Waals surface area contributed by atoms with Gasteiger partial charge in [0, 0.05) is 6.54 Å². The number of hydrogen-bond donors (Lipinski definition) is 2. The topological polar surface area (TPSA) is 58.6 Å². The zero-order valence-electron chi connectivity index (χ0n) is 14.7. The molecule has 0 heterocycles. The second-order valence-corrected chi connectivity index (χ2v) is 6.28. The number of carbonyl (C=O) groups is 1. The van der Waals surface area contributed by atoms with Gasteiger partial charge in [-0.1, -0.05) is 42.0 Å². The zero-order chi connectivity index (χ0) is 17.7. The van der Waals surface area contributed by atoms with E-state index in [4.69, 9.17) is 9.84 Å². The highest BCUT2D eigenvalue weighted by molar-refractivity contribution is 5.72. The van der Waals surface area contributed by atoms with E-state index in [9.17, 15) is 4.79 Å². The van der Waals surface area contributed by atoms with Crippen LogP contribution in [0.2, 0.25) is 0 Å². The number of carboxylic acid groups (broad SMARTS) is 1. The third-order valence-electron chi connectivity index (χ3n) is 3.97. The first-order chi connectivity index (χ1) is 11.4. The van der Waals surface area contributed by atoms with Crippen LogP contribution < -0.4 is 10.1 Å². The second kappa shape index (κ2) is 7.97. The van der Waals surface area contributed by atoms with E-state index in [1.54, 1.807) is 6.92 Å². The number of rotatable bonds is 7. The van der Waals surface area contributed by atoms with E-state index in [1.165, 1.54) is 5.56 Å². The van der Waals surface area contributed by atoms with E-state index in [1.807, 2.05) is 32.0 Å². The Morgan fingerprint density at radius 2 is 1.79 bits per heavy atom. The van der Waals surface area contributed by atoms with Crippen LogP contribution >= 0.6 is 0 Å². The number of nitrogens with one attached hydrogen (secondary N) is 1. The summed E-state index contributed by atoms with van der Waals surface area (Å²) in [5, 5.41) is 11.9. The van der Waals surface area contributed by atoms with Crippen LogP contribution in [0.1, 0.15) is 34.7 Å². The molecule has 2 N–H and O–H groups in total. The van der Waals surface area contributed by atoms with Crippen molar-refractivity contribution in [2.45, 2.75) is 46.9 Å². The molecule has 0 saturated heterocycles. The quantitative estimate of drug-likeness (QED) is 0.813. The number of benzene rings is 2. The summed E-state index contributed by atoms with van der Waals surface area (Å²) in [6.45, 7) is 8.80. The summed E-state index contributed by atoms with van der Waals surface area (Å²) in [7, 11) is 0. The van der Waals surface area contributed by atoms with E-state index in [-0.39, 0.29) is 0 Å². The molecule has 2 rings (SSSR count). The van der Waals surface area contributed by atoms with E-state index in [0.29, 0.717) is 13.2 Å². The minimum Gasteiger partial charge on any atom is -0.488 e. The van der Waals surface area contributed by atoms with Crippen LogP contribution in [0, 0.1) is 20.8 Å². The predicted octanol–water partition coefficient (Wildman–Crippen LogP) is 3.75. The smallest absolute Gasteiger partial charge is 0.320 e. The number of aliphatic carboxylic acids is 1. The lowest BCUT2D eigenvalue weighted by Gasteiger charge is -2.15. The van der Waals surface area contributed by atoms with Crippen LogP contribution in [0.15, 0.2) is 36.4 Å². The highest BCUT2D eigenvalue weighted by atomic mass is 16.5. The molecule has 2 aromatic carbocycles. The van der Waals surface area contributed by atoms with Crippen molar-refractivity contribution < 1.29 is 14.6 Å². The molecule has 4 nitrogen and oxygen atoms in total. The third kappa shape index (κ3) is 4.83. The van der Waals surface area contributed by atoms with E-state index >= 15 is 0 Å². The Morgan fingerprint density at radius 1 is 1.12 bits per heavy atom. The fraction of sp³-hybridized carbons (Fsp3) is 0.350. The lowest BCUT2D eigenvalue weighted by Crippen LogP contribution is -2.33.